The third kappa shape index (κ3) is 4.79. The van der Waals surface area contributed by atoms with Crippen LogP contribution in [-0.2, 0) is 16.6 Å². The Hall–Kier alpha value is -3.13. The minimum Gasteiger partial charge on any atom is -0.494 e. The van der Waals surface area contributed by atoms with Crippen molar-refractivity contribution in [1.82, 2.24) is 8.87 Å². The number of halogens is 2. The summed E-state index contributed by atoms with van der Waals surface area (Å²) in [4.78, 5) is 0.252. The number of hydrogen-bond donors (Lipinski definition) is 0. The highest BCUT2D eigenvalue weighted by atomic mass is 35.5. The van der Waals surface area contributed by atoms with E-state index in [4.69, 9.17) is 16.3 Å². The average molecular weight is 539 g/mol. The number of aromatic nitrogens is 1. The van der Waals surface area contributed by atoms with Crippen LogP contribution in [-0.4, -0.2) is 37.0 Å². The predicted octanol–water partition coefficient (Wildman–Crippen LogP) is 6.67. The molecular formula is C29H28ClFN2O3S. The van der Waals surface area contributed by atoms with Crippen LogP contribution in [0.2, 0.25) is 5.02 Å². The predicted molar refractivity (Wildman–Crippen MR) is 146 cm³/mol. The van der Waals surface area contributed by atoms with Gasteiger partial charge in [-0.1, -0.05) is 41.9 Å². The number of nitrogens with zero attached hydrogens (tertiary/aromatic N) is 2. The van der Waals surface area contributed by atoms with Gasteiger partial charge in [-0.15, -0.1) is 0 Å². The molecule has 3 aromatic carbocycles. The van der Waals surface area contributed by atoms with Crippen molar-refractivity contribution in [2.45, 2.75) is 31.7 Å². The molecule has 0 bridgehead atoms. The number of hydrogen-bond acceptors (Lipinski definition) is 3. The van der Waals surface area contributed by atoms with Gasteiger partial charge >= 0.3 is 0 Å². The summed E-state index contributed by atoms with van der Waals surface area (Å²) in [5.74, 6) is 0.309. The quantitative estimate of drug-likeness (QED) is 0.264. The van der Waals surface area contributed by atoms with Gasteiger partial charge < -0.3 is 9.30 Å². The molecule has 1 aromatic heterocycles. The van der Waals surface area contributed by atoms with Gasteiger partial charge in [0.25, 0.3) is 0 Å². The molecule has 2 heterocycles. The number of benzene rings is 3. The molecule has 192 valence electrons. The van der Waals surface area contributed by atoms with Crippen LogP contribution in [0.15, 0.2) is 77.7 Å². The van der Waals surface area contributed by atoms with Crippen molar-refractivity contribution >= 4 is 38.1 Å². The molecular weight excluding hydrogens is 511 g/mol. The zero-order valence-corrected chi connectivity index (χ0v) is 22.3. The highest BCUT2D eigenvalue weighted by Crippen LogP contribution is 2.36. The fourth-order valence-corrected chi connectivity index (χ4v) is 6.60. The van der Waals surface area contributed by atoms with E-state index in [-0.39, 0.29) is 17.3 Å². The fourth-order valence-electron chi connectivity index (χ4n) is 5.00. The number of sulfonamides is 1. The Morgan fingerprint density at radius 3 is 2.46 bits per heavy atom. The van der Waals surface area contributed by atoms with Crippen LogP contribution >= 0.6 is 11.6 Å². The van der Waals surface area contributed by atoms with Crippen LogP contribution < -0.4 is 4.74 Å². The molecule has 4 aromatic rings. The minimum atomic E-state index is -3.63. The van der Waals surface area contributed by atoms with E-state index < -0.39 is 10.0 Å². The van der Waals surface area contributed by atoms with Crippen LogP contribution in [0.4, 0.5) is 4.39 Å². The monoisotopic (exact) mass is 538 g/mol. The van der Waals surface area contributed by atoms with Crippen molar-refractivity contribution in [2.75, 3.05) is 19.7 Å². The van der Waals surface area contributed by atoms with Crippen molar-refractivity contribution in [2.24, 2.45) is 0 Å². The first-order valence-electron chi connectivity index (χ1n) is 12.2. The van der Waals surface area contributed by atoms with E-state index in [1.807, 2.05) is 38.1 Å². The first-order valence-corrected chi connectivity index (χ1v) is 14.1. The van der Waals surface area contributed by atoms with Gasteiger partial charge in [-0.25, -0.2) is 12.8 Å². The van der Waals surface area contributed by atoms with Crippen molar-refractivity contribution in [3.63, 3.8) is 0 Å². The summed E-state index contributed by atoms with van der Waals surface area (Å²) in [6.45, 7) is 5.39. The maximum Gasteiger partial charge on any atom is 0.243 e. The highest BCUT2D eigenvalue weighted by Gasteiger charge is 2.28. The second-order valence-corrected chi connectivity index (χ2v) is 11.4. The van der Waals surface area contributed by atoms with E-state index in [1.54, 1.807) is 36.4 Å². The Morgan fingerprint density at radius 1 is 1.03 bits per heavy atom. The van der Waals surface area contributed by atoms with E-state index in [0.717, 1.165) is 27.7 Å². The molecule has 8 heteroatoms. The maximum atomic E-state index is 14.6. The SMILES string of the molecule is CCOc1ccc(S(=O)(=O)N2CC=C(c3c(C)n(Cc4c(F)cccc4Cl)c4ccccc34)CC2)cc1. The second kappa shape index (κ2) is 10.3. The summed E-state index contributed by atoms with van der Waals surface area (Å²) < 4.78 is 50.1. The van der Waals surface area contributed by atoms with E-state index in [9.17, 15) is 12.8 Å². The van der Waals surface area contributed by atoms with E-state index in [1.165, 1.54) is 10.4 Å². The lowest BCUT2D eigenvalue weighted by atomic mass is 9.97. The van der Waals surface area contributed by atoms with Gasteiger partial charge in [-0.2, -0.15) is 4.31 Å². The zero-order valence-electron chi connectivity index (χ0n) is 20.7. The number of para-hydroxylation sites is 1. The van der Waals surface area contributed by atoms with Gasteiger partial charge in [0.15, 0.2) is 0 Å². The molecule has 0 amide bonds. The van der Waals surface area contributed by atoms with Gasteiger partial charge in [0.05, 0.1) is 18.0 Å². The Bertz CT molecular complexity index is 1570. The van der Waals surface area contributed by atoms with Gasteiger partial charge in [0.1, 0.15) is 11.6 Å². The van der Waals surface area contributed by atoms with Crippen LogP contribution in [0.1, 0.15) is 30.2 Å². The van der Waals surface area contributed by atoms with Crippen LogP contribution in [0.5, 0.6) is 5.75 Å². The Balaban J connectivity index is 1.46. The van der Waals surface area contributed by atoms with Crippen molar-refractivity contribution < 1.29 is 17.5 Å². The van der Waals surface area contributed by atoms with Crippen molar-refractivity contribution in [3.05, 3.63) is 100 Å². The first kappa shape index (κ1) is 25.5. The summed E-state index contributed by atoms with van der Waals surface area (Å²) >= 11 is 6.34. The summed E-state index contributed by atoms with van der Waals surface area (Å²) in [7, 11) is -3.63. The normalized spacial score (nSPS) is 14.6. The molecule has 5 nitrogen and oxygen atoms in total. The van der Waals surface area contributed by atoms with Crippen LogP contribution in [0.3, 0.4) is 0 Å². The molecule has 0 N–H and O–H groups in total. The molecule has 0 spiro atoms. The fraction of sp³-hybridized carbons (Fsp3) is 0.241. The number of rotatable bonds is 7. The molecule has 0 aliphatic carbocycles. The van der Waals surface area contributed by atoms with Gasteiger partial charge in [0.2, 0.25) is 10.0 Å². The second-order valence-electron chi connectivity index (χ2n) is 9.01. The Morgan fingerprint density at radius 2 is 1.78 bits per heavy atom. The molecule has 0 unspecified atom stereocenters. The van der Waals surface area contributed by atoms with Gasteiger partial charge in [0, 0.05) is 45.8 Å². The zero-order chi connectivity index (χ0) is 26.2. The molecule has 0 fully saturated rings. The lowest BCUT2D eigenvalue weighted by Gasteiger charge is -2.26. The Kier molecular flexibility index (Phi) is 7.12. The van der Waals surface area contributed by atoms with Gasteiger partial charge in [-0.05, 0) is 68.3 Å². The third-order valence-corrected chi connectivity index (χ3v) is 9.11. The molecule has 0 saturated heterocycles. The Labute approximate surface area is 221 Å². The maximum absolute atomic E-state index is 14.6. The lowest BCUT2D eigenvalue weighted by Crippen LogP contribution is -2.34. The molecule has 37 heavy (non-hydrogen) atoms. The van der Waals surface area contributed by atoms with Crippen LogP contribution in [0, 0.1) is 12.7 Å². The van der Waals surface area contributed by atoms with E-state index in [0.29, 0.717) is 42.5 Å². The molecule has 0 saturated carbocycles. The number of fused-ring (bicyclic) bond motifs is 1. The largest absolute Gasteiger partial charge is 0.494 e. The third-order valence-electron chi connectivity index (χ3n) is 6.87. The molecule has 1 aliphatic rings. The van der Waals surface area contributed by atoms with Gasteiger partial charge in [-0.3, -0.25) is 0 Å². The van der Waals surface area contributed by atoms with Crippen molar-refractivity contribution in [1.29, 1.82) is 0 Å². The topological polar surface area (TPSA) is 51.5 Å². The standard InChI is InChI=1S/C29H28ClFN2O3S/c1-3-36-22-11-13-23(14-12-22)37(34,35)32-17-15-21(16-18-32)29-20(2)33(28-10-5-4-7-24(28)29)19-25-26(30)8-6-9-27(25)31/h4-15H,3,16-19H2,1-2H3. The summed E-state index contributed by atoms with van der Waals surface area (Å²) in [5.41, 5.74) is 4.59. The molecule has 0 atom stereocenters. The van der Waals surface area contributed by atoms with Crippen molar-refractivity contribution in [3.8, 4) is 5.75 Å². The lowest BCUT2D eigenvalue weighted by molar-refractivity contribution is 0.340. The summed E-state index contributed by atoms with van der Waals surface area (Å²) in [6.07, 6.45) is 2.57. The first-order chi connectivity index (χ1) is 17.8. The van der Waals surface area contributed by atoms with E-state index in [2.05, 4.69) is 10.6 Å². The summed E-state index contributed by atoms with van der Waals surface area (Å²) in [5, 5.41) is 1.45. The molecule has 1 aliphatic heterocycles. The average Bonchev–Trinajstić information content (AvgIpc) is 3.18. The smallest absolute Gasteiger partial charge is 0.243 e. The molecule has 0 radical (unpaired) electrons. The molecule has 5 rings (SSSR count). The minimum absolute atomic E-state index is 0.252. The highest BCUT2D eigenvalue weighted by molar-refractivity contribution is 7.89. The van der Waals surface area contributed by atoms with E-state index >= 15 is 0 Å². The number of ether oxygens (including phenoxy) is 1. The summed E-state index contributed by atoms with van der Waals surface area (Å²) in [6, 6.07) is 19.3. The van der Waals surface area contributed by atoms with Crippen LogP contribution in [0.25, 0.3) is 16.5 Å².